The molecule has 1 heteroatoms. The van der Waals surface area contributed by atoms with Crippen molar-refractivity contribution in [1.82, 2.24) is 0 Å². The summed E-state index contributed by atoms with van der Waals surface area (Å²) in [5.74, 6) is 0. The maximum atomic E-state index is 10.1. The predicted molar refractivity (Wildman–Crippen MR) is 45.4 cm³/mol. The summed E-state index contributed by atoms with van der Waals surface area (Å²) in [6, 6.07) is 0. The molecule has 0 bridgehead atoms. The molecular formula is C10H16O. The van der Waals surface area contributed by atoms with Crippen LogP contribution in [0.1, 0.15) is 44.9 Å². The minimum atomic E-state index is -0.365. The van der Waals surface area contributed by atoms with E-state index in [-0.39, 0.29) is 5.60 Å². The molecule has 0 aromatic heterocycles. The first-order chi connectivity index (χ1) is 5.31. The van der Waals surface area contributed by atoms with E-state index in [1.165, 1.54) is 31.3 Å². The van der Waals surface area contributed by atoms with Crippen LogP contribution in [-0.2, 0) is 0 Å². The van der Waals surface area contributed by atoms with Gasteiger partial charge in [0.1, 0.15) is 0 Å². The van der Waals surface area contributed by atoms with Crippen LogP contribution < -0.4 is 0 Å². The molecule has 0 amide bonds. The summed E-state index contributed by atoms with van der Waals surface area (Å²) in [5, 5.41) is 10.1. The van der Waals surface area contributed by atoms with Crippen LogP contribution in [0.15, 0.2) is 11.6 Å². The Bertz CT molecular complexity index is 175. The predicted octanol–water partition coefficient (Wildman–Crippen LogP) is 2.40. The molecule has 0 aliphatic heterocycles. The van der Waals surface area contributed by atoms with Gasteiger partial charge in [-0.25, -0.2) is 0 Å². The topological polar surface area (TPSA) is 20.2 Å². The second-order valence-corrected chi connectivity index (χ2v) is 3.86. The number of hydrogen-bond donors (Lipinski definition) is 1. The van der Waals surface area contributed by atoms with Gasteiger partial charge in [-0.3, -0.25) is 0 Å². The van der Waals surface area contributed by atoms with Gasteiger partial charge in [-0.15, -0.1) is 0 Å². The Morgan fingerprint density at radius 3 is 2.45 bits per heavy atom. The Labute approximate surface area is 68.1 Å². The highest BCUT2D eigenvalue weighted by Gasteiger charge is 2.35. The van der Waals surface area contributed by atoms with E-state index in [9.17, 15) is 5.11 Å². The Hall–Kier alpha value is -0.300. The average molecular weight is 152 g/mol. The lowest BCUT2D eigenvalue weighted by molar-refractivity contribution is 0.0838. The number of allylic oxidation sites excluding steroid dienone is 1. The molecule has 11 heavy (non-hydrogen) atoms. The molecule has 0 spiro atoms. The summed E-state index contributed by atoms with van der Waals surface area (Å²) < 4.78 is 0. The van der Waals surface area contributed by atoms with Crippen LogP contribution in [-0.4, -0.2) is 10.7 Å². The number of hydrogen-bond acceptors (Lipinski definition) is 1. The van der Waals surface area contributed by atoms with Crippen molar-refractivity contribution in [2.24, 2.45) is 0 Å². The van der Waals surface area contributed by atoms with Crippen molar-refractivity contribution in [3.63, 3.8) is 0 Å². The van der Waals surface area contributed by atoms with Gasteiger partial charge < -0.3 is 5.11 Å². The average Bonchev–Trinajstić information content (AvgIpc) is 2.55. The molecule has 1 saturated carbocycles. The highest BCUT2D eigenvalue weighted by molar-refractivity contribution is 5.21. The van der Waals surface area contributed by atoms with E-state index in [0.717, 1.165) is 19.3 Å². The van der Waals surface area contributed by atoms with Crippen molar-refractivity contribution in [2.75, 3.05) is 0 Å². The normalized spacial score (nSPS) is 29.0. The van der Waals surface area contributed by atoms with Gasteiger partial charge in [0.25, 0.3) is 0 Å². The van der Waals surface area contributed by atoms with E-state index in [1.54, 1.807) is 0 Å². The lowest BCUT2D eigenvalue weighted by atomic mass is 9.91. The minimum absolute atomic E-state index is 0.365. The Morgan fingerprint density at radius 1 is 1.18 bits per heavy atom. The first kappa shape index (κ1) is 7.35. The van der Waals surface area contributed by atoms with E-state index >= 15 is 0 Å². The summed E-state index contributed by atoms with van der Waals surface area (Å²) in [5.41, 5.74) is 0.978. The van der Waals surface area contributed by atoms with E-state index in [0.29, 0.717) is 0 Å². The van der Waals surface area contributed by atoms with Gasteiger partial charge >= 0.3 is 0 Å². The number of aliphatic hydroxyl groups is 1. The second kappa shape index (κ2) is 2.63. The van der Waals surface area contributed by atoms with Crippen LogP contribution in [0.25, 0.3) is 0 Å². The van der Waals surface area contributed by atoms with Gasteiger partial charge in [-0.2, -0.15) is 0 Å². The molecule has 1 fully saturated rings. The molecule has 0 atom stereocenters. The van der Waals surface area contributed by atoms with Crippen LogP contribution >= 0.6 is 0 Å². The molecule has 62 valence electrons. The molecule has 0 heterocycles. The van der Waals surface area contributed by atoms with Gasteiger partial charge in [0.05, 0.1) is 5.60 Å². The van der Waals surface area contributed by atoms with Crippen LogP contribution in [0.2, 0.25) is 0 Å². The first-order valence-corrected chi connectivity index (χ1v) is 4.73. The zero-order valence-corrected chi connectivity index (χ0v) is 6.97. The van der Waals surface area contributed by atoms with Crippen LogP contribution in [0, 0.1) is 0 Å². The Balaban J connectivity index is 2.12. The molecule has 0 radical (unpaired) electrons. The fourth-order valence-corrected chi connectivity index (χ4v) is 2.37. The highest BCUT2D eigenvalue weighted by Crippen LogP contribution is 2.40. The fourth-order valence-electron chi connectivity index (χ4n) is 2.37. The molecule has 0 saturated heterocycles. The Kier molecular flexibility index (Phi) is 1.76. The SMILES string of the molecule is OC1(C2=CCCC2)CCCC1. The third kappa shape index (κ3) is 1.22. The van der Waals surface area contributed by atoms with Gasteiger partial charge in [0.15, 0.2) is 0 Å². The molecule has 0 unspecified atom stereocenters. The highest BCUT2D eigenvalue weighted by atomic mass is 16.3. The summed E-state index contributed by atoms with van der Waals surface area (Å²) in [6.45, 7) is 0. The van der Waals surface area contributed by atoms with Crippen LogP contribution in [0.5, 0.6) is 0 Å². The lowest BCUT2D eigenvalue weighted by Gasteiger charge is -2.23. The molecule has 0 aromatic carbocycles. The van der Waals surface area contributed by atoms with Crippen molar-refractivity contribution < 1.29 is 5.11 Å². The lowest BCUT2D eigenvalue weighted by Crippen LogP contribution is -2.25. The quantitative estimate of drug-likeness (QED) is 0.572. The zero-order valence-electron chi connectivity index (χ0n) is 6.97. The van der Waals surface area contributed by atoms with Crippen molar-refractivity contribution in [1.29, 1.82) is 0 Å². The van der Waals surface area contributed by atoms with Crippen molar-refractivity contribution in [3.05, 3.63) is 11.6 Å². The van der Waals surface area contributed by atoms with Gasteiger partial charge in [0.2, 0.25) is 0 Å². The Morgan fingerprint density at radius 2 is 1.91 bits per heavy atom. The van der Waals surface area contributed by atoms with Crippen molar-refractivity contribution in [3.8, 4) is 0 Å². The molecule has 1 N–H and O–H groups in total. The smallest absolute Gasteiger partial charge is 0.0856 e. The standard InChI is InChI=1S/C10H16O/c11-10(7-3-4-8-10)9-5-1-2-6-9/h5,11H,1-4,6-8H2. The first-order valence-electron chi connectivity index (χ1n) is 4.73. The van der Waals surface area contributed by atoms with Crippen LogP contribution in [0.4, 0.5) is 0 Å². The number of rotatable bonds is 1. The molecule has 2 aliphatic carbocycles. The van der Waals surface area contributed by atoms with E-state index in [2.05, 4.69) is 6.08 Å². The summed E-state index contributed by atoms with van der Waals surface area (Å²) in [4.78, 5) is 0. The molecule has 1 nitrogen and oxygen atoms in total. The van der Waals surface area contributed by atoms with E-state index in [4.69, 9.17) is 0 Å². The third-order valence-electron chi connectivity index (χ3n) is 3.07. The maximum Gasteiger partial charge on any atom is 0.0856 e. The molecule has 2 rings (SSSR count). The largest absolute Gasteiger partial charge is 0.386 e. The fraction of sp³-hybridized carbons (Fsp3) is 0.800. The van der Waals surface area contributed by atoms with Gasteiger partial charge in [-0.1, -0.05) is 18.9 Å². The van der Waals surface area contributed by atoms with Gasteiger partial charge in [-0.05, 0) is 37.7 Å². The molecule has 2 aliphatic rings. The summed E-state index contributed by atoms with van der Waals surface area (Å²) >= 11 is 0. The summed E-state index contributed by atoms with van der Waals surface area (Å²) in [7, 11) is 0. The van der Waals surface area contributed by atoms with Crippen LogP contribution in [0.3, 0.4) is 0 Å². The monoisotopic (exact) mass is 152 g/mol. The third-order valence-corrected chi connectivity index (χ3v) is 3.07. The summed E-state index contributed by atoms with van der Waals surface area (Å²) in [6.07, 6.45) is 10.3. The van der Waals surface area contributed by atoms with Crippen molar-refractivity contribution in [2.45, 2.75) is 50.5 Å². The van der Waals surface area contributed by atoms with Crippen molar-refractivity contribution >= 4 is 0 Å². The molecule has 0 aromatic rings. The van der Waals surface area contributed by atoms with E-state index in [1.807, 2.05) is 0 Å². The zero-order chi connectivity index (χ0) is 7.73. The van der Waals surface area contributed by atoms with E-state index < -0.39 is 0 Å². The second-order valence-electron chi connectivity index (χ2n) is 3.86. The molecular weight excluding hydrogens is 136 g/mol. The minimum Gasteiger partial charge on any atom is -0.386 e. The van der Waals surface area contributed by atoms with Gasteiger partial charge in [0, 0.05) is 0 Å². The maximum absolute atomic E-state index is 10.1.